The number of hydrogen-bond acceptors (Lipinski definition) is 6. The summed E-state index contributed by atoms with van der Waals surface area (Å²) in [5, 5.41) is 0. The summed E-state index contributed by atoms with van der Waals surface area (Å²) in [6.45, 7) is 6.68. The van der Waals surface area contributed by atoms with Gasteiger partial charge in [0.2, 0.25) is 0 Å². The SMILES string of the molecule is CCCCCCCC/C=C/CCCCCCCCCCCC(=O)OC[C@@H](COC(=O)CCCCCCCCCCCCCCCC)OC(=O)CCCCCCCCC/C=C/CCCCCCCC. The van der Waals surface area contributed by atoms with E-state index in [9.17, 15) is 14.4 Å². The Labute approximate surface area is 423 Å². The Balaban J connectivity index is 4.32. The van der Waals surface area contributed by atoms with Gasteiger partial charge >= 0.3 is 17.9 Å². The third-order valence-electron chi connectivity index (χ3n) is 13.7. The molecular weight excluding hydrogens is 841 g/mol. The summed E-state index contributed by atoms with van der Waals surface area (Å²) < 4.78 is 16.9. The number of unbranched alkanes of at least 4 members (excludes halogenated alkanes) is 41. The molecule has 0 fully saturated rings. The lowest BCUT2D eigenvalue weighted by atomic mass is 10.0. The lowest BCUT2D eigenvalue weighted by Gasteiger charge is -2.18. The van der Waals surface area contributed by atoms with E-state index >= 15 is 0 Å². The molecule has 400 valence electrons. The van der Waals surface area contributed by atoms with Gasteiger partial charge in [0, 0.05) is 19.3 Å². The van der Waals surface area contributed by atoms with Crippen molar-refractivity contribution in [3.05, 3.63) is 24.3 Å². The number of rotatable bonds is 56. The molecule has 0 amide bonds. The number of ether oxygens (including phenoxy) is 3. The normalized spacial score (nSPS) is 12.1. The van der Waals surface area contributed by atoms with Gasteiger partial charge in [0.15, 0.2) is 6.10 Å². The van der Waals surface area contributed by atoms with E-state index < -0.39 is 6.10 Å². The molecule has 0 rings (SSSR count). The second-order valence-corrected chi connectivity index (χ2v) is 20.6. The highest BCUT2D eigenvalue weighted by atomic mass is 16.6. The van der Waals surface area contributed by atoms with Crippen LogP contribution in [0.1, 0.15) is 335 Å². The van der Waals surface area contributed by atoms with Crippen LogP contribution in [0.3, 0.4) is 0 Å². The van der Waals surface area contributed by atoms with Crippen LogP contribution in [0.2, 0.25) is 0 Å². The minimum atomic E-state index is -0.771. The van der Waals surface area contributed by atoms with Crippen molar-refractivity contribution >= 4 is 17.9 Å². The first kappa shape index (κ1) is 65.9. The predicted octanol–water partition coefficient (Wildman–Crippen LogP) is 20.3. The highest BCUT2D eigenvalue weighted by molar-refractivity contribution is 5.71. The van der Waals surface area contributed by atoms with Crippen LogP contribution in [0.15, 0.2) is 24.3 Å². The Bertz CT molecular complexity index is 1100. The third-order valence-corrected chi connectivity index (χ3v) is 13.7. The number of hydrogen-bond donors (Lipinski definition) is 0. The first-order valence-electron chi connectivity index (χ1n) is 30.3. The second-order valence-electron chi connectivity index (χ2n) is 20.6. The Morgan fingerprint density at radius 3 is 0.735 bits per heavy atom. The van der Waals surface area contributed by atoms with Crippen LogP contribution in [-0.4, -0.2) is 37.2 Å². The minimum absolute atomic E-state index is 0.0688. The third kappa shape index (κ3) is 54.8. The Hall–Kier alpha value is -2.11. The van der Waals surface area contributed by atoms with Crippen molar-refractivity contribution in [2.45, 2.75) is 341 Å². The summed E-state index contributed by atoms with van der Waals surface area (Å²) in [4.78, 5) is 38.2. The molecule has 1 atom stereocenters. The fourth-order valence-electron chi connectivity index (χ4n) is 9.08. The molecule has 68 heavy (non-hydrogen) atoms. The maximum Gasteiger partial charge on any atom is 0.306 e. The number of allylic oxidation sites excluding steroid dienone is 4. The van der Waals surface area contributed by atoms with Gasteiger partial charge in [-0.2, -0.15) is 0 Å². The molecule has 0 heterocycles. The van der Waals surface area contributed by atoms with Gasteiger partial charge in [-0.25, -0.2) is 0 Å². The molecule has 0 aliphatic heterocycles. The molecule has 0 aliphatic carbocycles. The lowest BCUT2D eigenvalue weighted by Crippen LogP contribution is -2.30. The average Bonchev–Trinajstić information content (AvgIpc) is 3.34. The quantitative estimate of drug-likeness (QED) is 0.0262. The van der Waals surface area contributed by atoms with E-state index in [0.717, 1.165) is 57.8 Å². The van der Waals surface area contributed by atoms with Crippen LogP contribution in [0.25, 0.3) is 0 Å². The fourth-order valence-corrected chi connectivity index (χ4v) is 9.08. The largest absolute Gasteiger partial charge is 0.462 e. The van der Waals surface area contributed by atoms with Gasteiger partial charge in [0.25, 0.3) is 0 Å². The molecule has 0 aromatic rings. The van der Waals surface area contributed by atoms with E-state index in [1.807, 2.05) is 0 Å². The van der Waals surface area contributed by atoms with Crippen LogP contribution in [0.4, 0.5) is 0 Å². The minimum Gasteiger partial charge on any atom is -0.462 e. The summed E-state index contributed by atoms with van der Waals surface area (Å²) in [7, 11) is 0. The topological polar surface area (TPSA) is 78.9 Å². The first-order valence-corrected chi connectivity index (χ1v) is 30.3. The molecule has 0 spiro atoms. The van der Waals surface area contributed by atoms with Crippen LogP contribution in [0, 0.1) is 0 Å². The molecule has 0 bridgehead atoms. The first-order chi connectivity index (χ1) is 33.5. The molecule has 0 aromatic heterocycles. The Morgan fingerprint density at radius 2 is 0.485 bits per heavy atom. The van der Waals surface area contributed by atoms with Crippen molar-refractivity contribution in [2.24, 2.45) is 0 Å². The van der Waals surface area contributed by atoms with Crippen molar-refractivity contribution in [1.29, 1.82) is 0 Å². The zero-order chi connectivity index (χ0) is 49.3. The zero-order valence-electron chi connectivity index (χ0n) is 45.9. The van der Waals surface area contributed by atoms with Gasteiger partial charge in [0.1, 0.15) is 13.2 Å². The van der Waals surface area contributed by atoms with Gasteiger partial charge in [-0.15, -0.1) is 0 Å². The highest BCUT2D eigenvalue weighted by Crippen LogP contribution is 2.17. The number of esters is 3. The zero-order valence-corrected chi connectivity index (χ0v) is 45.9. The molecular formula is C62H116O6. The van der Waals surface area contributed by atoms with E-state index in [2.05, 4.69) is 45.1 Å². The number of carbonyl (C=O) groups excluding carboxylic acids is 3. The molecule has 0 radical (unpaired) electrons. The van der Waals surface area contributed by atoms with E-state index in [-0.39, 0.29) is 31.1 Å². The smallest absolute Gasteiger partial charge is 0.306 e. The van der Waals surface area contributed by atoms with Gasteiger partial charge < -0.3 is 14.2 Å². The summed E-state index contributed by atoms with van der Waals surface area (Å²) in [6, 6.07) is 0. The van der Waals surface area contributed by atoms with E-state index in [1.54, 1.807) is 0 Å². The number of carbonyl (C=O) groups is 3. The molecule has 0 saturated heterocycles. The molecule has 6 heteroatoms. The lowest BCUT2D eigenvalue weighted by molar-refractivity contribution is -0.167. The summed E-state index contributed by atoms with van der Waals surface area (Å²) >= 11 is 0. The molecule has 0 aromatic carbocycles. The molecule has 0 unspecified atom stereocenters. The summed E-state index contributed by atoms with van der Waals surface area (Å²) in [5.41, 5.74) is 0. The van der Waals surface area contributed by atoms with Gasteiger partial charge in [-0.3, -0.25) is 14.4 Å². The van der Waals surface area contributed by atoms with Crippen molar-refractivity contribution in [3.63, 3.8) is 0 Å². The van der Waals surface area contributed by atoms with Gasteiger partial charge in [-0.05, 0) is 70.6 Å². The maximum absolute atomic E-state index is 12.9. The van der Waals surface area contributed by atoms with Crippen LogP contribution >= 0.6 is 0 Å². The average molecular weight is 958 g/mol. The van der Waals surface area contributed by atoms with Crippen molar-refractivity contribution in [2.75, 3.05) is 13.2 Å². The summed E-state index contributed by atoms with van der Waals surface area (Å²) in [6.07, 6.45) is 67.4. The summed E-state index contributed by atoms with van der Waals surface area (Å²) in [5.74, 6) is -0.853. The van der Waals surface area contributed by atoms with Crippen LogP contribution in [0.5, 0.6) is 0 Å². The fraction of sp³-hybridized carbons (Fsp3) is 0.887. The van der Waals surface area contributed by atoms with Crippen molar-refractivity contribution in [3.8, 4) is 0 Å². The molecule has 0 saturated carbocycles. The second kappa shape index (κ2) is 57.5. The Kier molecular flexibility index (Phi) is 55.7. The predicted molar refractivity (Wildman–Crippen MR) is 293 cm³/mol. The molecule has 0 N–H and O–H groups in total. The highest BCUT2D eigenvalue weighted by Gasteiger charge is 2.19. The van der Waals surface area contributed by atoms with Gasteiger partial charge in [-0.1, -0.05) is 270 Å². The molecule has 6 nitrogen and oxygen atoms in total. The van der Waals surface area contributed by atoms with E-state index in [4.69, 9.17) is 14.2 Å². The van der Waals surface area contributed by atoms with E-state index in [0.29, 0.717) is 19.3 Å². The van der Waals surface area contributed by atoms with Crippen molar-refractivity contribution in [1.82, 2.24) is 0 Å². The maximum atomic E-state index is 12.9. The molecule has 0 aliphatic rings. The monoisotopic (exact) mass is 957 g/mol. The Morgan fingerprint density at radius 1 is 0.279 bits per heavy atom. The van der Waals surface area contributed by atoms with Crippen LogP contribution in [-0.2, 0) is 28.6 Å². The van der Waals surface area contributed by atoms with Crippen LogP contribution < -0.4 is 0 Å². The van der Waals surface area contributed by atoms with Crippen molar-refractivity contribution < 1.29 is 28.6 Å². The standard InChI is InChI=1S/C62H116O6/c1-4-7-10-13-16-19-22-25-28-30-31-33-34-37-40-43-46-49-52-55-61(64)67-58-59(57-66-60(63)54-51-48-45-42-39-36-27-24-21-18-15-12-9-6-3)68-62(65)56-53-50-47-44-41-38-35-32-29-26-23-20-17-14-11-8-5-2/h25-26,28-29,59H,4-24,27,30-58H2,1-3H3/b28-25+,29-26+/t59-/m1/s1. The van der Waals surface area contributed by atoms with Gasteiger partial charge in [0.05, 0.1) is 0 Å². The van der Waals surface area contributed by atoms with E-state index in [1.165, 1.54) is 238 Å².